The van der Waals surface area contributed by atoms with Gasteiger partial charge < -0.3 is 5.32 Å². The van der Waals surface area contributed by atoms with Gasteiger partial charge in [0, 0.05) is 24.0 Å². The van der Waals surface area contributed by atoms with E-state index in [1.807, 2.05) is 26.8 Å². The summed E-state index contributed by atoms with van der Waals surface area (Å²) in [6, 6.07) is 9.49. The molecule has 0 aliphatic rings. The molecule has 0 saturated heterocycles. The van der Waals surface area contributed by atoms with Gasteiger partial charge in [-0.25, -0.2) is 4.68 Å². The SMILES string of the molecule is Cc1cc(C)c(NC(=O)c2ccn(-c3cccc([N+](=O)[O-])c3)n2)c(C)n1. The second kappa shape index (κ2) is 6.75. The molecule has 0 atom stereocenters. The second-order valence-corrected chi connectivity index (χ2v) is 5.92. The summed E-state index contributed by atoms with van der Waals surface area (Å²) in [5, 5.41) is 17.9. The van der Waals surface area contributed by atoms with E-state index in [0.717, 1.165) is 17.0 Å². The molecule has 2 heterocycles. The van der Waals surface area contributed by atoms with Gasteiger partial charge >= 0.3 is 0 Å². The van der Waals surface area contributed by atoms with Gasteiger partial charge in [-0.05, 0) is 44.5 Å². The van der Waals surface area contributed by atoms with Crippen molar-refractivity contribution in [3.05, 3.63) is 75.4 Å². The van der Waals surface area contributed by atoms with Crippen LogP contribution in [-0.2, 0) is 0 Å². The van der Waals surface area contributed by atoms with E-state index >= 15 is 0 Å². The van der Waals surface area contributed by atoms with Crippen molar-refractivity contribution in [2.75, 3.05) is 5.32 Å². The molecule has 0 fully saturated rings. The van der Waals surface area contributed by atoms with Crippen LogP contribution in [0.2, 0.25) is 0 Å². The van der Waals surface area contributed by atoms with Gasteiger partial charge in [0.15, 0.2) is 5.69 Å². The minimum absolute atomic E-state index is 0.0408. The van der Waals surface area contributed by atoms with Gasteiger partial charge in [0.25, 0.3) is 11.6 Å². The van der Waals surface area contributed by atoms with Crippen LogP contribution >= 0.6 is 0 Å². The Balaban J connectivity index is 1.85. The minimum atomic E-state index is -0.476. The largest absolute Gasteiger partial charge is 0.319 e. The number of nitro benzene ring substituents is 1. The number of amides is 1. The fourth-order valence-electron chi connectivity index (χ4n) is 2.73. The Kier molecular flexibility index (Phi) is 4.49. The number of pyridine rings is 1. The third-order valence-corrected chi connectivity index (χ3v) is 3.89. The predicted octanol–water partition coefficient (Wildman–Crippen LogP) is 3.35. The van der Waals surface area contributed by atoms with E-state index in [4.69, 9.17) is 0 Å². The summed E-state index contributed by atoms with van der Waals surface area (Å²) >= 11 is 0. The summed E-state index contributed by atoms with van der Waals surface area (Å²) < 4.78 is 1.43. The molecular formula is C18H17N5O3. The minimum Gasteiger partial charge on any atom is -0.319 e. The quantitative estimate of drug-likeness (QED) is 0.573. The van der Waals surface area contributed by atoms with Gasteiger partial charge in [0.05, 0.1) is 22.0 Å². The van der Waals surface area contributed by atoms with E-state index in [1.54, 1.807) is 24.4 Å². The van der Waals surface area contributed by atoms with Crippen molar-refractivity contribution in [1.82, 2.24) is 14.8 Å². The summed E-state index contributed by atoms with van der Waals surface area (Å²) in [6.45, 7) is 5.63. The summed E-state index contributed by atoms with van der Waals surface area (Å²) in [6.07, 6.45) is 1.58. The highest BCUT2D eigenvalue weighted by Crippen LogP contribution is 2.20. The van der Waals surface area contributed by atoms with E-state index in [0.29, 0.717) is 11.4 Å². The summed E-state index contributed by atoms with van der Waals surface area (Å²) in [7, 11) is 0. The number of nitrogens with zero attached hydrogens (tertiary/aromatic N) is 4. The van der Waals surface area contributed by atoms with E-state index in [-0.39, 0.29) is 17.3 Å². The van der Waals surface area contributed by atoms with E-state index < -0.39 is 4.92 Å². The molecule has 1 amide bonds. The Hall–Kier alpha value is -3.55. The number of nitro groups is 1. The number of aryl methyl sites for hydroxylation is 3. The van der Waals surface area contributed by atoms with Gasteiger partial charge in [-0.3, -0.25) is 19.9 Å². The van der Waals surface area contributed by atoms with Gasteiger partial charge in [-0.1, -0.05) is 6.07 Å². The number of carbonyl (C=O) groups excluding carboxylic acids is 1. The van der Waals surface area contributed by atoms with Crippen LogP contribution in [0.3, 0.4) is 0 Å². The van der Waals surface area contributed by atoms with Crippen LogP contribution in [0.1, 0.15) is 27.4 Å². The highest BCUT2D eigenvalue weighted by molar-refractivity contribution is 6.03. The maximum atomic E-state index is 12.5. The average molecular weight is 351 g/mol. The lowest BCUT2D eigenvalue weighted by atomic mass is 10.1. The van der Waals surface area contributed by atoms with E-state index in [2.05, 4.69) is 15.4 Å². The fraction of sp³-hybridized carbons (Fsp3) is 0.167. The summed E-state index contributed by atoms with van der Waals surface area (Å²) in [5.74, 6) is -0.369. The molecule has 0 radical (unpaired) electrons. The number of carbonyl (C=O) groups is 1. The lowest BCUT2D eigenvalue weighted by molar-refractivity contribution is -0.384. The van der Waals surface area contributed by atoms with Crippen molar-refractivity contribution >= 4 is 17.3 Å². The number of rotatable bonds is 4. The maximum absolute atomic E-state index is 12.5. The summed E-state index contributed by atoms with van der Waals surface area (Å²) in [5.41, 5.74) is 3.85. The normalized spacial score (nSPS) is 10.6. The Morgan fingerprint density at radius 1 is 1.19 bits per heavy atom. The van der Waals surface area contributed by atoms with Crippen molar-refractivity contribution in [1.29, 1.82) is 0 Å². The first kappa shape index (κ1) is 17.3. The molecular weight excluding hydrogens is 334 g/mol. The molecule has 8 heteroatoms. The maximum Gasteiger partial charge on any atom is 0.276 e. The van der Waals surface area contributed by atoms with Gasteiger partial charge in [0.1, 0.15) is 0 Å². The first-order chi connectivity index (χ1) is 12.3. The molecule has 3 rings (SSSR count). The molecule has 1 N–H and O–H groups in total. The first-order valence-corrected chi connectivity index (χ1v) is 7.92. The van der Waals surface area contributed by atoms with Crippen molar-refractivity contribution in [3.63, 3.8) is 0 Å². The first-order valence-electron chi connectivity index (χ1n) is 7.92. The van der Waals surface area contributed by atoms with Crippen molar-refractivity contribution in [2.45, 2.75) is 20.8 Å². The molecule has 0 unspecified atom stereocenters. The Bertz CT molecular complexity index is 987. The van der Waals surface area contributed by atoms with Crippen molar-refractivity contribution in [2.24, 2.45) is 0 Å². The van der Waals surface area contributed by atoms with Gasteiger partial charge in [-0.15, -0.1) is 0 Å². The molecule has 0 aliphatic carbocycles. The van der Waals surface area contributed by atoms with Crippen LogP contribution in [0.5, 0.6) is 0 Å². The van der Waals surface area contributed by atoms with Gasteiger partial charge in [-0.2, -0.15) is 5.10 Å². The third kappa shape index (κ3) is 3.44. The zero-order valence-corrected chi connectivity index (χ0v) is 14.6. The number of non-ortho nitro benzene ring substituents is 1. The van der Waals surface area contributed by atoms with Crippen LogP contribution in [-0.4, -0.2) is 25.6 Å². The molecule has 0 bridgehead atoms. The number of aromatic nitrogens is 3. The standard InChI is InChI=1S/C18H17N5O3/c1-11-9-12(2)19-13(3)17(11)20-18(24)16-7-8-22(21-16)14-5-4-6-15(10-14)23(25)26/h4-10H,1-3H3,(H,20,24). The fourth-order valence-corrected chi connectivity index (χ4v) is 2.73. The van der Waals surface area contributed by atoms with Crippen LogP contribution < -0.4 is 5.32 Å². The highest BCUT2D eigenvalue weighted by Gasteiger charge is 2.15. The van der Waals surface area contributed by atoms with Gasteiger partial charge in [0.2, 0.25) is 0 Å². The Morgan fingerprint density at radius 3 is 2.65 bits per heavy atom. The van der Waals surface area contributed by atoms with Crippen molar-refractivity contribution in [3.8, 4) is 5.69 Å². The van der Waals surface area contributed by atoms with Crippen LogP contribution in [0.15, 0.2) is 42.6 Å². The highest BCUT2D eigenvalue weighted by atomic mass is 16.6. The monoisotopic (exact) mass is 351 g/mol. The van der Waals surface area contributed by atoms with E-state index in [9.17, 15) is 14.9 Å². The Labute approximate surface area is 149 Å². The predicted molar refractivity (Wildman–Crippen MR) is 96.6 cm³/mol. The molecule has 8 nitrogen and oxygen atoms in total. The molecule has 0 spiro atoms. The molecule has 132 valence electrons. The molecule has 0 saturated carbocycles. The molecule has 3 aromatic rings. The number of anilines is 1. The molecule has 0 aliphatic heterocycles. The topological polar surface area (TPSA) is 103 Å². The van der Waals surface area contributed by atoms with E-state index in [1.165, 1.54) is 16.8 Å². The number of nitrogens with one attached hydrogen (secondary N) is 1. The van der Waals surface area contributed by atoms with Crippen LogP contribution in [0.4, 0.5) is 11.4 Å². The summed E-state index contributed by atoms with van der Waals surface area (Å²) in [4.78, 5) is 27.3. The molecule has 26 heavy (non-hydrogen) atoms. The second-order valence-electron chi connectivity index (χ2n) is 5.92. The Morgan fingerprint density at radius 2 is 1.96 bits per heavy atom. The van der Waals surface area contributed by atoms with Crippen LogP contribution in [0.25, 0.3) is 5.69 Å². The lowest BCUT2D eigenvalue weighted by Gasteiger charge is -2.11. The zero-order valence-electron chi connectivity index (χ0n) is 14.6. The molecule has 2 aromatic heterocycles. The average Bonchev–Trinajstić information content (AvgIpc) is 3.08. The van der Waals surface area contributed by atoms with Crippen LogP contribution in [0, 0.1) is 30.9 Å². The zero-order chi connectivity index (χ0) is 18.8. The lowest BCUT2D eigenvalue weighted by Crippen LogP contribution is -2.15. The molecule has 1 aromatic carbocycles. The number of benzene rings is 1. The number of hydrogen-bond donors (Lipinski definition) is 1. The smallest absolute Gasteiger partial charge is 0.276 e. The number of hydrogen-bond acceptors (Lipinski definition) is 5. The van der Waals surface area contributed by atoms with Crippen molar-refractivity contribution < 1.29 is 9.72 Å². The third-order valence-electron chi connectivity index (χ3n) is 3.89.